The summed E-state index contributed by atoms with van der Waals surface area (Å²) in [6, 6.07) is 8.64. The molecule has 192 valence electrons. The predicted molar refractivity (Wildman–Crippen MR) is 140 cm³/mol. The summed E-state index contributed by atoms with van der Waals surface area (Å²) in [4.78, 5) is 30.8. The SMILES string of the molecule is CC(C)(C)C.CC(Nc1nc(=O)oc2ccccc12)C(=O)NC1(C#N)CCN(CC(C)(C)C)CC1. The maximum Gasteiger partial charge on any atom is 0.441 e. The molecule has 2 aromatic rings. The molecule has 1 unspecified atom stereocenters. The van der Waals surface area contributed by atoms with Gasteiger partial charge >= 0.3 is 5.76 Å². The Morgan fingerprint density at radius 3 is 2.29 bits per heavy atom. The van der Waals surface area contributed by atoms with Gasteiger partial charge in [-0.1, -0.05) is 60.6 Å². The average Bonchev–Trinajstić information content (AvgIpc) is 2.73. The Kier molecular flexibility index (Phi) is 9.07. The predicted octanol–water partition coefficient (Wildman–Crippen LogP) is 4.56. The second-order valence-electron chi connectivity index (χ2n) is 12.2. The minimum atomic E-state index is -0.882. The van der Waals surface area contributed by atoms with Crippen molar-refractivity contribution in [2.24, 2.45) is 10.8 Å². The number of piperidine rings is 1. The summed E-state index contributed by atoms with van der Waals surface area (Å²) < 4.78 is 5.09. The molecule has 1 aliphatic rings. The van der Waals surface area contributed by atoms with Crippen LogP contribution < -0.4 is 16.4 Å². The molecule has 1 aromatic heterocycles. The average molecular weight is 484 g/mol. The van der Waals surface area contributed by atoms with Crippen LogP contribution in [0.2, 0.25) is 0 Å². The lowest BCUT2D eigenvalue weighted by Crippen LogP contribution is -2.57. The Hall–Kier alpha value is -2.92. The van der Waals surface area contributed by atoms with E-state index in [1.54, 1.807) is 31.2 Å². The van der Waals surface area contributed by atoms with Gasteiger partial charge in [0.15, 0.2) is 0 Å². The molecular formula is C27H41N5O3. The van der Waals surface area contributed by atoms with Crippen molar-refractivity contribution >= 4 is 22.7 Å². The van der Waals surface area contributed by atoms with Crippen molar-refractivity contribution in [2.75, 3.05) is 25.0 Å². The topological polar surface area (TPSA) is 111 Å². The quantitative estimate of drug-likeness (QED) is 0.641. The van der Waals surface area contributed by atoms with Gasteiger partial charge in [0.05, 0.1) is 11.5 Å². The first kappa shape index (κ1) is 28.3. The zero-order valence-electron chi connectivity index (χ0n) is 22.5. The number of hydrogen-bond acceptors (Lipinski definition) is 7. The molecule has 1 fully saturated rings. The van der Waals surface area contributed by atoms with Crippen molar-refractivity contribution in [3.8, 4) is 6.07 Å². The summed E-state index contributed by atoms with van der Waals surface area (Å²) in [6.07, 6.45) is 1.16. The highest BCUT2D eigenvalue weighted by Gasteiger charge is 2.37. The molecule has 1 aromatic carbocycles. The van der Waals surface area contributed by atoms with Crippen LogP contribution in [-0.2, 0) is 4.79 Å². The molecule has 3 rings (SSSR count). The summed E-state index contributed by atoms with van der Waals surface area (Å²) in [5.41, 5.74) is 0.200. The van der Waals surface area contributed by atoms with E-state index in [2.05, 4.69) is 75.1 Å². The van der Waals surface area contributed by atoms with Crippen molar-refractivity contribution < 1.29 is 9.21 Å². The van der Waals surface area contributed by atoms with E-state index < -0.39 is 17.3 Å². The zero-order chi connectivity index (χ0) is 26.4. The minimum Gasteiger partial charge on any atom is -0.408 e. The molecule has 0 spiro atoms. The molecule has 2 heterocycles. The highest BCUT2D eigenvalue weighted by molar-refractivity contribution is 5.91. The van der Waals surface area contributed by atoms with Crippen molar-refractivity contribution in [1.29, 1.82) is 5.26 Å². The molecule has 35 heavy (non-hydrogen) atoms. The van der Waals surface area contributed by atoms with Gasteiger partial charge in [-0.25, -0.2) is 4.79 Å². The molecule has 1 atom stereocenters. The number of rotatable bonds is 5. The number of nitriles is 1. The number of fused-ring (bicyclic) bond motifs is 1. The Balaban J connectivity index is 0.000000784. The largest absolute Gasteiger partial charge is 0.441 e. The third kappa shape index (κ3) is 9.33. The van der Waals surface area contributed by atoms with E-state index >= 15 is 0 Å². The second kappa shape index (κ2) is 11.2. The fraction of sp³-hybridized carbons (Fsp3) is 0.630. The standard InChI is InChI=1S/C22H29N5O3.C5H12/c1-15(24-18-16-7-5-6-8-17(16)30-20(29)25-18)19(28)26-22(13-23)9-11-27(12-10-22)14-21(2,3)4;1-5(2,3)4/h5-8,15H,9-12,14H2,1-4H3,(H,26,28)(H,24,25,29);1-4H3. The van der Waals surface area contributed by atoms with Gasteiger partial charge in [0.1, 0.15) is 23.0 Å². The van der Waals surface area contributed by atoms with E-state index in [9.17, 15) is 14.9 Å². The van der Waals surface area contributed by atoms with E-state index in [1.807, 2.05) is 0 Å². The number of anilines is 1. The molecule has 0 aliphatic carbocycles. The fourth-order valence-corrected chi connectivity index (χ4v) is 3.77. The van der Waals surface area contributed by atoms with E-state index in [0.29, 0.717) is 29.2 Å². The number of aromatic nitrogens is 1. The Labute approximate surface area is 209 Å². The maximum absolute atomic E-state index is 12.8. The van der Waals surface area contributed by atoms with Crippen LogP contribution in [0.3, 0.4) is 0 Å². The third-order valence-corrected chi connectivity index (χ3v) is 5.27. The lowest BCUT2D eigenvalue weighted by atomic mass is 9.87. The number of hydrogen-bond donors (Lipinski definition) is 2. The normalized spacial score (nSPS) is 17.0. The van der Waals surface area contributed by atoms with Crippen LogP contribution in [0.4, 0.5) is 5.82 Å². The fourth-order valence-electron chi connectivity index (χ4n) is 3.77. The monoisotopic (exact) mass is 483 g/mol. The van der Waals surface area contributed by atoms with Gasteiger partial charge in [-0.2, -0.15) is 10.2 Å². The molecule has 8 heteroatoms. The number of nitrogens with one attached hydrogen (secondary N) is 2. The van der Waals surface area contributed by atoms with Crippen LogP contribution in [-0.4, -0.2) is 47.0 Å². The summed E-state index contributed by atoms with van der Waals surface area (Å²) in [5, 5.41) is 16.3. The van der Waals surface area contributed by atoms with Crippen molar-refractivity contribution in [3.05, 3.63) is 34.8 Å². The van der Waals surface area contributed by atoms with Crippen molar-refractivity contribution in [3.63, 3.8) is 0 Å². The summed E-state index contributed by atoms with van der Waals surface area (Å²) in [6.45, 7) is 19.5. The molecule has 8 nitrogen and oxygen atoms in total. The van der Waals surface area contributed by atoms with Crippen LogP contribution in [0.5, 0.6) is 0 Å². The van der Waals surface area contributed by atoms with Crippen molar-refractivity contribution in [1.82, 2.24) is 15.2 Å². The number of amides is 1. The van der Waals surface area contributed by atoms with E-state index in [4.69, 9.17) is 4.42 Å². The molecule has 1 amide bonds. The second-order valence-corrected chi connectivity index (χ2v) is 12.2. The van der Waals surface area contributed by atoms with Crippen LogP contribution in [0.25, 0.3) is 11.0 Å². The molecule has 1 aliphatic heterocycles. The lowest BCUT2D eigenvalue weighted by Gasteiger charge is -2.40. The van der Waals surface area contributed by atoms with Gasteiger partial charge in [-0.15, -0.1) is 0 Å². The highest BCUT2D eigenvalue weighted by Crippen LogP contribution is 2.25. The number of carbonyl (C=O) groups is 1. The van der Waals surface area contributed by atoms with Gasteiger partial charge in [0.25, 0.3) is 0 Å². The van der Waals surface area contributed by atoms with Gasteiger partial charge < -0.3 is 20.0 Å². The smallest absolute Gasteiger partial charge is 0.408 e. The number of likely N-dealkylation sites (tertiary alicyclic amines) is 1. The van der Waals surface area contributed by atoms with Gasteiger partial charge in [0, 0.05) is 19.6 Å². The number of carbonyl (C=O) groups excluding carboxylic acids is 1. The molecule has 0 saturated carbocycles. The first-order chi connectivity index (χ1) is 16.1. The van der Waals surface area contributed by atoms with E-state index in [0.717, 1.165) is 19.6 Å². The van der Waals surface area contributed by atoms with E-state index in [1.165, 1.54) is 0 Å². The molecule has 0 radical (unpaired) electrons. The lowest BCUT2D eigenvalue weighted by molar-refractivity contribution is -0.123. The van der Waals surface area contributed by atoms with Gasteiger partial charge in [-0.3, -0.25) is 4.79 Å². The first-order valence-corrected chi connectivity index (χ1v) is 12.2. The minimum absolute atomic E-state index is 0.187. The highest BCUT2D eigenvalue weighted by atomic mass is 16.4. The zero-order valence-corrected chi connectivity index (χ0v) is 22.5. The third-order valence-electron chi connectivity index (χ3n) is 5.27. The van der Waals surface area contributed by atoms with Crippen LogP contribution in [0.1, 0.15) is 68.2 Å². The van der Waals surface area contributed by atoms with E-state index in [-0.39, 0.29) is 17.1 Å². The number of benzene rings is 1. The molecule has 0 bridgehead atoms. The molecule has 1 saturated heterocycles. The Morgan fingerprint density at radius 1 is 1.17 bits per heavy atom. The number of nitrogens with zero attached hydrogens (tertiary/aromatic N) is 3. The summed E-state index contributed by atoms with van der Waals surface area (Å²) in [5.74, 6) is -0.751. The Morgan fingerprint density at radius 2 is 1.74 bits per heavy atom. The maximum atomic E-state index is 12.8. The summed E-state index contributed by atoms with van der Waals surface area (Å²) in [7, 11) is 0. The molecule has 2 N–H and O–H groups in total. The first-order valence-electron chi connectivity index (χ1n) is 12.2. The van der Waals surface area contributed by atoms with Crippen LogP contribution in [0, 0.1) is 22.2 Å². The van der Waals surface area contributed by atoms with Crippen molar-refractivity contribution in [2.45, 2.75) is 79.8 Å². The van der Waals surface area contributed by atoms with Crippen LogP contribution in [0.15, 0.2) is 33.5 Å². The van der Waals surface area contributed by atoms with Crippen LogP contribution >= 0.6 is 0 Å². The Bertz CT molecular complexity index is 1090. The number of para-hydroxylation sites is 1. The van der Waals surface area contributed by atoms with Gasteiger partial charge in [-0.05, 0) is 42.7 Å². The summed E-state index contributed by atoms with van der Waals surface area (Å²) >= 11 is 0. The molecular weight excluding hydrogens is 442 g/mol. The van der Waals surface area contributed by atoms with Gasteiger partial charge in [0.2, 0.25) is 5.91 Å².